The minimum Gasteiger partial charge on any atom is -0.493 e. The number of carbonyl (C=O) groups excluding carboxylic acids is 2. The van der Waals surface area contributed by atoms with Crippen LogP contribution in [0.25, 0.3) is 0 Å². The molecule has 27 heavy (non-hydrogen) atoms. The first-order valence-corrected chi connectivity index (χ1v) is 8.67. The summed E-state index contributed by atoms with van der Waals surface area (Å²) in [4.78, 5) is 25.7. The Morgan fingerprint density at radius 3 is 2.26 bits per heavy atom. The molecule has 0 fully saturated rings. The largest absolute Gasteiger partial charge is 0.493 e. The van der Waals surface area contributed by atoms with Crippen molar-refractivity contribution in [3.05, 3.63) is 47.5 Å². The molecule has 1 heterocycles. The second-order valence-electron chi connectivity index (χ2n) is 6.32. The Kier molecular flexibility index (Phi) is 5.49. The Balaban J connectivity index is 1.68. The number of rotatable bonds is 4. The molecule has 3 amide bonds. The Labute approximate surface area is 158 Å². The number of amides is 3. The van der Waals surface area contributed by atoms with Crippen molar-refractivity contribution in [2.75, 3.05) is 31.4 Å². The number of anilines is 2. The third kappa shape index (κ3) is 4.31. The number of benzene rings is 2. The molecule has 2 N–H and O–H groups in total. The van der Waals surface area contributed by atoms with Gasteiger partial charge in [0.1, 0.15) is 0 Å². The van der Waals surface area contributed by atoms with Gasteiger partial charge in [0, 0.05) is 37.5 Å². The van der Waals surface area contributed by atoms with Crippen LogP contribution in [0, 0.1) is 0 Å². The lowest BCUT2D eigenvalue weighted by molar-refractivity contribution is -0.129. The average Bonchev–Trinajstić information content (AvgIpc) is 2.67. The quantitative estimate of drug-likeness (QED) is 0.867. The van der Waals surface area contributed by atoms with Crippen molar-refractivity contribution < 1.29 is 19.1 Å². The van der Waals surface area contributed by atoms with Gasteiger partial charge < -0.3 is 25.0 Å². The average molecular weight is 369 g/mol. The molecule has 1 aliphatic heterocycles. The number of fused-ring (bicyclic) bond motifs is 1. The summed E-state index contributed by atoms with van der Waals surface area (Å²) in [6.45, 7) is 2.87. The smallest absolute Gasteiger partial charge is 0.323 e. The Bertz CT molecular complexity index is 866. The van der Waals surface area contributed by atoms with Crippen molar-refractivity contribution in [3.63, 3.8) is 0 Å². The predicted molar refractivity (Wildman–Crippen MR) is 103 cm³/mol. The molecule has 0 radical (unpaired) electrons. The van der Waals surface area contributed by atoms with Gasteiger partial charge in [-0.3, -0.25) is 4.79 Å². The third-order valence-corrected chi connectivity index (χ3v) is 4.56. The summed E-state index contributed by atoms with van der Waals surface area (Å²) in [5, 5.41) is 5.60. The van der Waals surface area contributed by atoms with Crippen LogP contribution >= 0.6 is 0 Å². The zero-order valence-corrected chi connectivity index (χ0v) is 15.7. The molecule has 0 saturated carbocycles. The number of urea groups is 1. The fraction of sp³-hybridized carbons (Fsp3) is 0.300. The molecule has 3 rings (SSSR count). The topological polar surface area (TPSA) is 79.9 Å². The van der Waals surface area contributed by atoms with E-state index in [4.69, 9.17) is 9.47 Å². The number of carbonyl (C=O) groups is 2. The maximum atomic E-state index is 12.3. The fourth-order valence-electron chi connectivity index (χ4n) is 3.11. The Morgan fingerprint density at radius 1 is 0.926 bits per heavy atom. The van der Waals surface area contributed by atoms with Crippen LogP contribution in [0.1, 0.15) is 18.1 Å². The molecule has 2 aromatic carbocycles. The molecule has 0 saturated heterocycles. The number of ether oxygens (including phenoxy) is 2. The molecule has 7 heteroatoms. The lowest BCUT2D eigenvalue weighted by atomic mass is 9.99. The molecule has 1 aliphatic rings. The first-order valence-electron chi connectivity index (χ1n) is 8.67. The number of methoxy groups -OCH3 is 2. The van der Waals surface area contributed by atoms with Crippen molar-refractivity contribution in [2.45, 2.75) is 19.9 Å². The van der Waals surface area contributed by atoms with Gasteiger partial charge in [-0.1, -0.05) is 6.07 Å². The van der Waals surface area contributed by atoms with Crippen LogP contribution in [0.4, 0.5) is 16.2 Å². The lowest BCUT2D eigenvalue weighted by Gasteiger charge is -2.28. The fourth-order valence-corrected chi connectivity index (χ4v) is 3.11. The van der Waals surface area contributed by atoms with Crippen molar-refractivity contribution in [1.29, 1.82) is 0 Å². The normalized spacial score (nSPS) is 12.8. The van der Waals surface area contributed by atoms with Crippen molar-refractivity contribution >= 4 is 23.3 Å². The van der Waals surface area contributed by atoms with Crippen LogP contribution in [-0.2, 0) is 17.8 Å². The van der Waals surface area contributed by atoms with Crippen LogP contribution in [0.15, 0.2) is 36.4 Å². The van der Waals surface area contributed by atoms with Gasteiger partial charge in [-0.2, -0.15) is 0 Å². The maximum Gasteiger partial charge on any atom is 0.323 e. The zero-order valence-electron chi connectivity index (χ0n) is 15.7. The van der Waals surface area contributed by atoms with Crippen LogP contribution in [0.2, 0.25) is 0 Å². The van der Waals surface area contributed by atoms with Crippen LogP contribution in [0.3, 0.4) is 0 Å². The second kappa shape index (κ2) is 7.99. The van der Waals surface area contributed by atoms with E-state index in [9.17, 15) is 9.59 Å². The van der Waals surface area contributed by atoms with Crippen molar-refractivity contribution in [3.8, 4) is 11.5 Å². The monoisotopic (exact) mass is 369 g/mol. The highest BCUT2D eigenvalue weighted by Crippen LogP contribution is 2.30. The van der Waals surface area contributed by atoms with E-state index in [1.54, 1.807) is 44.2 Å². The van der Waals surface area contributed by atoms with Gasteiger partial charge in [-0.15, -0.1) is 0 Å². The first kappa shape index (κ1) is 18.6. The predicted octanol–water partition coefficient (Wildman–Crippen LogP) is 3.25. The van der Waals surface area contributed by atoms with E-state index >= 15 is 0 Å². The molecule has 0 spiro atoms. The number of nitrogens with one attached hydrogen (secondary N) is 2. The van der Waals surface area contributed by atoms with E-state index in [1.807, 2.05) is 18.2 Å². The van der Waals surface area contributed by atoms with Gasteiger partial charge >= 0.3 is 6.03 Å². The lowest BCUT2D eigenvalue weighted by Crippen LogP contribution is -2.34. The van der Waals surface area contributed by atoms with E-state index < -0.39 is 0 Å². The highest BCUT2D eigenvalue weighted by atomic mass is 16.5. The molecule has 0 bridgehead atoms. The molecule has 7 nitrogen and oxygen atoms in total. The Hall–Kier alpha value is -3.22. The summed E-state index contributed by atoms with van der Waals surface area (Å²) in [5.41, 5.74) is 3.53. The van der Waals surface area contributed by atoms with Gasteiger partial charge in [-0.25, -0.2) is 4.79 Å². The molecule has 0 unspecified atom stereocenters. The summed E-state index contributed by atoms with van der Waals surface area (Å²) >= 11 is 0. The highest BCUT2D eigenvalue weighted by Gasteiger charge is 2.18. The molecule has 0 atom stereocenters. The third-order valence-electron chi connectivity index (χ3n) is 4.56. The van der Waals surface area contributed by atoms with E-state index in [0.717, 1.165) is 18.5 Å². The van der Waals surface area contributed by atoms with Gasteiger partial charge in [0.2, 0.25) is 5.91 Å². The highest BCUT2D eigenvalue weighted by molar-refractivity contribution is 6.00. The van der Waals surface area contributed by atoms with E-state index in [0.29, 0.717) is 29.4 Å². The Morgan fingerprint density at radius 2 is 1.59 bits per heavy atom. The molecular formula is C20H23N3O4. The molecule has 0 aromatic heterocycles. The molecular weight excluding hydrogens is 346 g/mol. The second-order valence-corrected chi connectivity index (χ2v) is 6.32. The van der Waals surface area contributed by atoms with Gasteiger partial charge in [0.05, 0.1) is 14.2 Å². The zero-order chi connectivity index (χ0) is 19.4. The van der Waals surface area contributed by atoms with Gasteiger partial charge in [0.15, 0.2) is 11.5 Å². The minimum absolute atomic E-state index is 0.0604. The van der Waals surface area contributed by atoms with E-state index in [-0.39, 0.29) is 11.9 Å². The summed E-state index contributed by atoms with van der Waals surface area (Å²) in [7, 11) is 3.10. The SMILES string of the molecule is COc1ccc(NC(=O)Nc2ccc3c(c2)CN(C(C)=O)CC3)cc1OC. The molecule has 0 aliphatic carbocycles. The minimum atomic E-state index is -0.360. The number of hydrogen-bond acceptors (Lipinski definition) is 4. The molecule has 2 aromatic rings. The number of hydrogen-bond donors (Lipinski definition) is 2. The van der Waals surface area contributed by atoms with Crippen molar-refractivity contribution in [2.24, 2.45) is 0 Å². The van der Waals surface area contributed by atoms with Crippen LogP contribution in [-0.4, -0.2) is 37.6 Å². The summed E-state index contributed by atoms with van der Waals surface area (Å²) in [6, 6.07) is 10.6. The van der Waals surface area contributed by atoms with Crippen molar-refractivity contribution in [1.82, 2.24) is 4.90 Å². The molecule has 142 valence electrons. The maximum absolute atomic E-state index is 12.3. The standard InChI is InChI=1S/C20H23N3O4/c1-13(24)23-9-8-14-4-5-16(10-15(14)12-23)21-20(25)22-17-6-7-18(26-2)19(11-17)27-3/h4-7,10-11H,8-9,12H2,1-3H3,(H2,21,22,25). The van der Waals surface area contributed by atoms with E-state index in [1.165, 1.54) is 5.56 Å². The van der Waals surface area contributed by atoms with Gasteiger partial charge in [0.25, 0.3) is 0 Å². The van der Waals surface area contributed by atoms with Crippen LogP contribution < -0.4 is 20.1 Å². The summed E-state index contributed by atoms with van der Waals surface area (Å²) in [6.07, 6.45) is 0.826. The van der Waals surface area contributed by atoms with Gasteiger partial charge in [-0.05, 0) is 41.8 Å². The summed E-state index contributed by atoms with van der Waals surface area (Å²) in [5.74, 6) is 1.19. The van der Waals surface area contributed by atoms with E-state index in [2.05, 4.69) is 10.6 Å². The number of nitrogens with zero attached hydrogens (tertiary/aromatic N) is 1. The summed E-state index contributed by atoms with van der Waals surface area (Å²) < 4.78 is 10.4. The van der Waals surface area contributed by atoms with Crippen LogP contribution in [0.5, 0.6) is 11.5 Å². The first-order chi connectivity index (χ1) is 13.0.